The van der Waals surface area contributed by atoms with E-state index in [4.69, 9.17) is 24.7 Å². The van der Waals surface area contributed by atoms with Crippen molar-refractivity contribution < 1.29 is 54.7 Å². The molecule has 2 aliphatic heterocycles. The number of nitrogens with two attached hydrogens (primary N) is 1. The minimum atomic E-state index is -1.74. The van der Waals surface area contributed by atoms with E-state index in [1.807, 2.05) is 0 Å². The molecule has 2 heterocycles. The van der Waals surface area contributed by atoms with Crippen molar-refractivity contribution >= 4 is 5.69 Å². The summed E-state index contributed by atoms with van der Waals surface area (Å²) in [6, 6.07) is 6.17. The van der Waals surface area contributed by atoms with Crippen LogP contribution in [-0.2, 0) is 14.2 Å². The third-order valence-electron chi connectivity index (χ3n) is 5.09. The molecule has 0 aliphatic carbocycles. The number of nitrogen functional groups attached to an aromatic ring is 1. The highest BCUT2D eigenvalue weighted by atomic mass is 16.7. The van der Waals surface area contributed by atoms with Crippen molar-refractivity contribution in [1.82, 2.24) is 0 Å². The fourth-order valence-electron chi connectivity index (χ4n) is 3.33. The summed E-state index contributed by atoms with van der Waals surface area (Å²) >= 11 is 0. The molecular weight excluding hydrogens is 406 g/mol. The van der Waals surface area contributed by atoms with Crippen molar-refractivity contribution in [2.45, 2.75) is 61.4 Å². The van der Waals surface area contributed by atoms with Crippen molar-refractivity contribution in [2.75, 3.05) is 18.9 Å². The van der Waals surface area contributed by atoms with Gasteiger partial charge in [0.2, 0.25) is 6.29 Å². The lowest BCUT2D eigenvalue weighted by Crippen LogP contribution is -2.65. The molecule has 3 rings (SSSR count). The Kier molecular flexibility index (Phi) is 7.47. The molecular formula is C18H27NO11. The molecule has 1 aromatic carbocycles. The van der Waals surface area contributed by atoms with Gasteiger partial charge in [-0.25, -0.2) is 0 Å². The van der Waals surface area contributed by atoms with Crippen molar-refractivity contribution in [1.29, 1.82) is 0 Å². The molecule has 0 radical (unpaired) electrons. The third kappa shape index (κ3) is 4.68. The van der Waals surface area contributed by atoms with Gasteiger partial charge in [0, 0.05) is 5.69 Å². The summed E-state index contributed by atoms with van der Waals surface area (Å²) in [6.45, 7) is -1.31. The molecule has 12 nitrogen and oxygen atoms in total. The quantitative estimate of drug-likeness (QED) is 0.204. The van der Waals surface area contributed by atoms with Crippen LogP contribution in [0.3, 0.4) is 0 Å². The maximum absolute atomic E-state index is 10.6. The first kappa shape index (κ1) is 23.1. The normalized spacial score (nSPS) is 42.1. The van der Waals surface area contributed by atoms with Gasteiger partial charge in [-0.3, -0.25) is 0 Å². The zero-order valence-electron chi connectivity index (χ0n) is 15.8. The zero-order chi connectivity index (χ0) is 22.0. The summed E-state index contributed by atoms with van der Waals surface area (Å²) < 4.78 is 21.7. The lowest BCUT2D eigenvalue weighted by atomic mass is 9.97. The zero-order valence-corrected chi connectivity index (χ0v) is 15.8. The molecule has 170 valence electrons. The van der Waals surface area contributed by atoms with Crippen LogP contribution in [0.5, 0.6) is 5.75 Å². The number of ether oxygens (including phenoxy) is 4. The van der Waals surface area contributed by atoms with E-state index in [9.17, 15) is 35.7 Å². The number of aliphatic hydroxyl groups excluding tert-OH is 7. The molecule has 0 spiro atoms. The fourth-order valence-corrected chi connectivity index (χ4v) is 3.33. The molecule has 1 aromatic rings. The summed E-state index contributed by atoms with van der Waals surface area (Å²) in [5, 5.41) is 69.8. The molecule has 10 atom stereocenters. The predicted molar refractivity (Wildman–Crippen MR) is 97.9 cm³/mol. The molecule has 2 saturated heterocycles. The minimum Gasteiger partial charge on any atom is -0.462 e. The van der Waals surface area contributed by atoms with Crippen molar-refractivity contribution in [2.24, 2.45) is 0 Å². The standard InChI is InChI=1S/C18H27NO11/c19-7-1-3-8(4-2-7)27-18-15(26)16(12(23)10(6-21)29-18)30-17-14(25)13(24)11(22)9(5-20)28-17/h1-4,9-18,20-26H,5-6,19H2/t9-,10-,11+,12+,13+,14-,15-,16+,17-,18+/m1/s1. The first-order valence-corrected chi connectivity index (χ1v) is 9.37. The van der Waals surface area contributed by atoms with Gasteiger partial charge in [0.15, 0.2) is 6.29 Å². The topological polar surface area (TPSA) is 205 Å². The van der Waals surface area contributed by atoms with Gasteiger partial charge in [0.1, 0.15) is 54.6 Å². The summed E-state index contributed by atoms with van der Waals surface area (Å²) in [6.07, 6.45) is -15.1. The SMILES string of the molecule is Nc1ccc(O[C@H]2O[C@H](CO)[C@H](O)[C@H](O[C@H]3O[C@H](CO)[C@H](O)[C@H](O)[C@H]3O)[C@H]2O)cc1. The highest BCUT2D eigenvalue weighted by Crippen LogP contribution is 2.30. The molecule has 9 N–H and O–H groups in total. The second kappa shape index (κ2) is 9.70. The van der Waals surface area contributed by atoms with Crippen LogP contribution in [0, 0.1) is 0 Å². The largest absolute Gasteiger partial charge is 0.462 e. The number of hydrogen-bond donors (Lipinski definition) is 8. The Hall–Kier alpha value is -1.58. The highest BCUT2D eigenvalue weighted by molar-refractivity contribution is 5.41. The highest BCUT2D eigenvalue weighted by Gasteiger charge is 2.51. The Morgan fingerprint density at radius 1 is 0.733 bits per heavy atom. The van der Waals surface area contributed by atoms with Crippen LogP contribution in [0.4, 0.5) is 5.69 Å². The maximum atomic E-state index is 10.6. The number of rotatable bonds is 6. The molecule has 0 saturated carbocycles. The van der Waals surface area contributed by atoms with Gasteiger partial charge < -0.3 is 60.4 Å². The van der Waals surface area contributed by atoms with Crippen LogP contribution in [0.15, 0.2) is 24.3 Å². The molecule has 0 aromatic heterocycles. The molecule has 0 amide bonds. The second-order valence-corrected chi connectivity index (χ2v) is 7.19. The summed E-state index contributed by atoms with van der Waals surface area (Å²) in [7, 11) is 0. The lowest BCUT2D eigenvalue weighted by Gasteiger charge is -2.45. The van der Waals surface area contributed by atoms with Gasteiger partial charge in [-0.15, -0.1) is 0 Å². The van der Waals surface area contributed by atoms with Gasteiger partial charge >= 0.3 is 0 Å². The van der Waals surface area contributed by atoms with Crippen molar-refractivity contribution in [3.63, 3.8) is 0 Å². The monoisotopic (exact) mass is 433 g/mol. The Labute approximate surface area is 171 Å². The molecule has 2 aliphatic rings. The van der Waals surface area contributed by atoms with Crippen LogP contribution >= 0.6 is 0 Å². The Morgan fingerprint density at radius 3 is 1.90 bits per heavy atom. The van der Waals surface area contributed by atoms with Crippen LogP contribution in [-0.4, -0.2) is 110 Å². The molecule has 0 bridgehead atoms. The van der Waals surface area contributed by atoms with Gasteiger partial charge in [-0.2, -0.15) is 0 Å². The number of hydrogen-bond acceptors (Lipinski definition) is 12. The fraction of sp³-hybridized carbons (Fsp3) is 0.667. The maximum Gasteiger partial charge on any atom is 0.229 e. The number of benzene rings is 1. The lowest BCUT2D eigenvalue weighted by molar-refractivity contribution is -0.352. The summed E-state index contributed by atoms with van der Waals surface area (Å²) in [5.74, 6) is 0.285. The van der Waals surface area contributed by atoms with E-state index in [0.717, 1.165) is 0 Å². The first-order valence-electron chi connectivity index (χ1n) is 9.37. The van der Waals surface area contributed by atoms with E-state index in [1.165, 1.54) is 12.1 Å². The average molecular weight is 433 g/mol. The second-order valence-electron chi connectivity index (χ2n) is 7.19. The average Bonchev–Trinajstić information content (AvgIpc) is 2.74. The Balaban J connectivity index is 1.76. The van der Waals surface area contributed by atoms with Crippen LogP contribution in [0.1, 0.15) is 0 Å². The first-order chi connectivity index (χ1) is 14.3. The van der Waals surface area contributed by atoms with Crippen LogP contribution < -0.4 is 10.5 Å². The number of aliphatic hydroxyl groups is 7. The molecule has 30 heavy (non-hydrogen) atoms. The smallest absolute Gasteiger partial charge is 0.229 e. The van der Waals surface area contributed by atoms with Gasteiger partial charge in [-0.1, -0.05) is 0 Å². The summed E-state index contributed by atoms with van der Waals surface area (Å²) in [4.78, 5) is 0. The third-order valence-corrected chi connectivity index (χ3v) is 5.09. The van der Waals surface area contributed by atoms with Gasteiger partial charge in [0.25, 0.3) is 0 Å². The van der Waals surface area contributed by atoms with E-state index < -0.39 is 74.6 Å². The van der Waals surface area contributed by atoms with E-state index in [-0.39, 0.29) is 5.75 Å². The molecule has 0 unspecified atom stereocenters. The van der Waals surface area contributed by atoms with Gasteiger partial charge in [-0.05, 0) is 24.3 Å². The number of anilines is 1. The molecule has 12 heteroatoms. The predicted octanol–water partition coefficient (Wildman–Crippen LogP) is -3.73. The Bertz CT molecular complexity index is 675. The van der Waals surface area contributed by atoms with E-state index >= 15 is 0 Å². The van der Waals surface area contributed by atoms with Gasteiger partial charge in [0.05, 0.1) is 13.2 Å². The van der Waals surface area contributed by atoms with Crippen LogP contribution in [0.2, 0.25) is 0 Å². The van der Waals surface area contributed by atoms with Crippen LogP contribution in [0.25, 0.3) is 0 Å². The van der Waals surface area contributed by atoms with Crippen molar-refractivity contribution in [3.8, 4) is 5.75 Å². The minimum absolute atomic E-state index is 0.285. The van der Waals surface area contributed by atoms with Crippen molar-refractivity contribution in [3.05, 3.63) is 24.3 Å². The van der Waals surface area contributed by atoms with E-state index in [2.05, 4.69) is 0 Å². The Morgan fingerprint density at radius 2 is 1.30 bits per heavy atom. The summed E-state index contributed by atoms with van der Waals surface area (Å²) in [5.41, 5.74) is 6.10. The van der Waals surface area contributed by atoms with E-state index in [0.29, 0.717) is 5.69 Å². The van der Waals surface area contributed by atoms with E-state index in [1.54, 1.807) is 12.1 Å². The molecule has 2 fully saturated rings.